The third-order valence-corrected chi connectivity index (χ3v) is 3.34. The average molecular weight is 339 g/mol. The zero-order valence-corrected chi connectivity index (χ0v) is 13.4. The molecule has 1 rings (SSSR count). The van der Waals surface area contributed by atoms with Crippen LogP contribution in [0.25, 0.3) is 0 Å². The number of ether oxygens (including phenoxy) is 1. The van der Waals surface area contributed by atoms with E-state index in [4.69, 9.17) is 0 Å². The highest BCUT2D eigenvalue weighted by Gasteiger charge is 2.25. The number of carbonyl (C=O) groups excluding carboxylic acids is 2. The van der Waals surface area contributed by atoms with Gasteiger partial charge in [-0.2, -0.15) is 0 Å². The van der Waals surface area contributed by atoms with Crippen LogP contribution in [0.15, 0.2) is 18.2 Å². The molecule has 0 aliphatic rings. The Morgan fingerprint density at radius 2 is 1.67 bits per heavy atom. The Bertz CT molecular complexity index is 642. The maximum absolute atomic E-state index is 12.5. The lowest BCUT2D eigenvalue weighted by Crippen LogP contribution is -2.37. The van der Waals surface area contributed by atoms with Gasteiger partial charge in [0.05, 0.1) is 34.5 Å². The van der Waals surface area contributed by atoms with E-state index >= 15 is 0 Å². The summed E-state index contributed by atoms with van der Waals surface area (Å²) in [5, 5.41) is 21.8. The first-order valence-corrected chi connectivity index (χ1v) is 7.02. The summed E-state index contributed by atoms with van der Waals surface area (Å²) >= 11 is 0. The van der Waals surface area contributed by atoms with Crippen LogP contribution < -0.4 is 0 Å². The topological polar surface area (TPSA) is 133 Å². The van der Waals surface area contributed by atoms with Crippen molar-refractivity contribution in [3.63, 3.8) is 0 Å². The van der Waals surface area contributed by atoms with Gasteiger partial charge in [-0.25, -0.2) is 0 Å². The fourth-order valence-corrected chi connectivity index (χ4v) is 2.07. The number of amides is 1. The Kier molecular flexibility index (Phi) is 6.33. The van der Waals surface area contributed by atoms with E-state index in [1.807, 2.05) is 0 Å². The molecule has 1 atom stereocenters. The van der Waals surface area contributed by atoms with Crippen LogP contribution in [0.2, 0.25) is 0 Å². The van der Waals surface area contributed by atoms with Gasteiger partial charge in [0.1, 0.15) is 0 Å². The standard InChI is InChI=1S/C14H17N3O7/c1-4-15(8-9(2)14(19)24-3)13(18)10-5-11(16(20)21)7-12(6-10)17(22)23/h5-7,9H,4,8H2,1-3H3. The first kappa shape index (κ1) is 19.0. The SMILES string of the molecule is CCN(CC(C)C(=O)OC)C(=O)c1cc([N+](=O)[O-])cc([N+](=O)[O-])c1. The van der Waals surface area contributed by atoms with Crippen molar-refractivity contribution in [3.8, 4) is 0 Å². The second-order valence-corrected chi connectivity index (χ2v) is 5.02. The molecule has 1 unspecified atom stereocenters. The summed E-state index contributed by atoms with van der Waals surface area (Å²) in [5.74, 6) is -1.75. The van der Waals surface area contributed by atoms with E-state index in [1.54, 1.807) is 13.8 Å². The van der Waals surface area contributed by atoms with E-state index < -0.39 is 39.0 Å². The van der Waals surface area contributed by atoms with Gasteiger partial charge in [0.2, 0.25) is 0 Å². The summed E-state index contributed by atoms with van der Waals surface area (Å²) < 4.78 is 4.59. The lowest BCUT2D eigenvalue weighted by molar-refractivity contribution is -0.394. The second-order valence-electron chi connectivity index (χ2n) is 5.02. The van der Waals surface area contributed by atoms with Gasteiger partial charge in [-0.3, -0.25) is 29.8 Å². The quantitative estimate of drug-likeness (QED) is 0.420. The van der Waals surface area contributed by atoms with E-state index in [-0.39, 0.29) is 18.7 Å². The molecule has 10 heteroatoms. The summed E-state index contributed by atoms with van der Waals surface area (Å²) in [4.78, 5) is 45.4. The van der Waals surface area contributed by atoms with Crippen molar-refractivity contribution in [2.45, 2.75) is 13.8 Å². The number of hydrogen-bond donors (Lipinski definition) is 0. The zero-order chi connectivity index (χ0) is 18.4. The first-order valence-electron chi connectivity index (χ1n) is 7.02. The second kappa shape index (κ2) is 7.99. The average Bonchev–Trinajstić information content (AvgIpc) is 2.57. The number of benzene rings is 1. The minimum absolute atomic E-state index is 0.0263. The van der Waals surface area contributed by atoms with Gasteiger partial charge < -0.3 is 9.64 Å². The highest BCUT2D eigenvalue weighted by atomic mass is 16.6. The number of non-ortho nitro benzene ring substituents is 2. The number of methoxy groups -OCH3 is 1. The Labute approximate surface area is 137 Å². The fraction of sp³-hybridized carbons (Fsp3) is 0.429. The van der Waals surface area contributed by atoms with Crippen molar-refractivity contribution >= 4 is 23.3 Å². The number of carbonyl (C=O) groups is 2. The van der Waals surface area contributed by atoms with Crippen LogP contribution in [0.5, 0.6) is 0 Å². The van der Waals surface area contributed by atoms with E-state index in [1.165, 1.54) is 12.0 Å². The van der Waals surface area contributed by atoms with Gasteiger partial charge in [0.15, 0.2) is 0 Å². The highest BCUT2D eigenvalue weighted by Crippen LogP contribution is 2.24. The van der Waals surface area contributed by atoms with Crippen LogP contribution in [0, 0.1) is 26.1 Å². The molecule has 0 saturated carbocycles. The van der Waals surface area contributed by atoms with Crippen molar-refractivity contribution < 1.29 is 24.2 Å². The van der Waals surface area contributed by atoms with Crippen molar-refractivity contribution in [2.75, 3.05) is 20.2 Å². The molecule has 1 aromatic rings. The molecule has 0 aliphatic heterocycles. The molecule has 0 fully saturated rings. The molecule has 0 heterocycles. The van der Waals surface area contributed by atoms with Crippen LogP contribution in [0.1, 0.15) is 24.2 Å². The third kappa shape index (κ3) is 4.48. The Balaban J connectivity index is 3.17. The van der Waals surface area contributed by atoms with Gasteiger partial charge in [0, 0.05) is 25.2 Å². The molecular formula is C14H17N3O7. The van der Waals surface area contributed by atoms with E-state index in [0.717, 1.165) is 18.2 Å². The molecule has 0 N–H and O–H groups in total. The van der Waals surface area contributed by atoms with Gasteiger partial charge in [-0.05, 0) is 6.92 Å². The largest absolute Gasteiger partial charge is 0.469 e. The minimum atomic E-state index is -0.808. The molecule has 0 radical (unpaired) electrons. The monoisotopic (exact) mass is 339 g/mol. The van der Waals surface area contributed by atoms with Crippen molar-refractivity contribution in [2.24, 2.45) is 5.92 Å². The van der Waals surface area contributed by atoms with E-state index in [2.05, 4.69) is 4.74 Å². The molecule has 0 aromatic heterocycles. The van der Waals surface area contributed by atoms with Gasteiger partial charge in [0.25, 0.3) is 17.3 Å². The maximum atomic E-state index is 12.5. The number of nitro groups is 2. The summed E-state index contributed by atoms with van der Waals surface area (Å²) in [7, 11) is 1.22. The van der Waals surface area contributed by atoms with Crippen LogP contribution in [-0.2, 0) is 9.53 Å². The number of nitro benzene ring substituents is 2. The fourth-order valence-electron chi connectivity index (χ4n) is 2.07. The van der Waals surface area contributed by atoms with Crippen LogP contribution in [0.3, 0.4) is 0 Å². The molecule has 0 saturated heterocycles. The zero-order valence-electron chi connectivity index (χ0n) is 13.4. The first-order chi connectivity index (χ1) is 11.2. The van der Waals surface area contributed by atoms with Crippen molar-refractivity contribution in [3.05, 3.63) is 44.0 Å². The molecule has 130 valence electrons. The van der Waals surface area contributed by atoms with Crippen LogP contribution >= 0.6 is 0 Å². The molecule has 0 spiro atoms. The lowest BCUT2D eigenvalue weighted by Gasteiger charge is -2.23. The number of esters is 1. The molecule has 0 bridgehead atoms. The van der Waals surface area contributed by atoms with E-state index in [9.17, 15) is 29.8 Å². The summed E-state index contributed by atoms with van der Waals surface area (Å²) in [6.45, 7) is 3.47. The predicted octanol–water partition coefficient (Wildman–Crippen LogP) is 1.77. The van der Waals surface area contributed by atoms with Gasteiger partial charge in [-0.15, -0.1) is 0 Å². The summed E-state index contributed by atoms with van der Waals surface area (Å²) in [6, 6.07) is 2.73. The van der Waals surface area contributed by atoms with E-state index in [0.29, 0.717) is 0 Å². The van der Waals surface area contributed by atoms with Crippen molar-refractivity contribution in [1.82, 2.24) is 4.90 Å². The van der Waals surface area contributed by atoms with Crippen molar-refractivity contribution in [1.29, 1.82) is 0 Å². The Hall–Kier alpha value is -3.04. The molecule has 1 aromatic carbocycles. The molecule has 0 aliphatic carbocycles. The molecule has 1 amide bonds. The Morgan fingerprint density at radius 1 is 1.17 bits per heavy atom. The maximum Gasteiger partial charge on any atom is 0.310 e. The molecule has 10 nitrogen and oxygen atoms in total. The lowest BCUT2D eigenvalue weighted by atomic mass is 10.1. The number of nitrogens with zero attached hydrogens (tertiary/aromatic N) is 3. The normalized spacial score (nSPS) is 11.5. The van der Waals surface area contributed by atoms with Gasteiger partial charge in [-0.1, -0.05) is 6.92 Å². The number of rotatable bonds is 7. The number of hydrogen-bond acceptors (Lipinski definition) is 7. The summed E-state index contributed by atoms with van der Waals surface area (Å²) in [6.07, 6.45) is 0. The minimum Gasteiger partial charge on any atom is -0.469 e. The summed E-state index contributed by atoms with van der Waals surface area (Å²) in [5.41, 5.74) is -1.29. The molecular weight excluding hydrogens is 322 g/mol. The van der Waals surface area contributed by atoms with Crippen LogP contribution in [0.4, 0.5) is 11.4 Å². The van der Waals surface area contributed by atoms with Gasteiger partial charge >= 0.3 is 5.97 Å². The van der Waals surface area contributed by atoms with Crippen LogP contribution in [-0.4, -0.2) is 46.8 Å². The smallest absolute Gasteiger partial charge is 0.310 e. The molecule has 24 heavy (non-hydrogen) atoms. The Morgan fingerprint density at radius 3 is 2.04 bits per heavy atom. The highest BCUT2D eigenvalue weighted by molar-refractivity contribution is 5.95. The predicted molar refractivity (Wildman–Crippen MR) is 82.5 cm³/mol. The third-order valence-electron chi connectivity index (χ3n) is 3.34.